The Hall–Kier alpha value is -3.82. The summed E-state index contributed by atoms with van der Waals surface area (Å²) in [6, 6.07) is 11.3. The van der Waals surface area contributed by atoms with Crippen LogP contribution in [-0.2, 0) is 0 Å². The van der Waals surface area contributed by atoms with Crippen molar-refractivity contribution >= 4 is 11.4 Å². The SMILES string of the molecule is C[C@@H](Oc1ccc([N+](=O)[O-])cc1)c1nnc(-c2ccc([N+](=O)[O-])cc2)o1. The minimum Gasteiger partial charge on any atom is -0.481 e. The van der Waals surface area contributed by atoms with Crippen LogP contribution in [0, 0.1) is 20.2 Å². The summed E-state index contributed by atoms with van der Waals surface area (Å²) in [5.41, 5.74) is 0.462. The van der Waals surface area contributed by atoms with Crippen molar-refractivity contribution in [1.82, 2.24) is 10.2 Å². The molecule has 0 unspecified atom stereocenters. The number of hydrogen-bond acceptors (Lipinski definition) is 8. The number of aromatic nitrogens is 2. The molecule has 0 aliphatic carbocycles. The second kappa shape index (κ2) is 6.97. The molecule has 0 bridgehead atoms. The van der Waals surface area contributed by atoms with E-state index in [2.05, 4.69) is 10.2 Å². The van der Waals surface area contributed by atoms with Gasteiger partial charge in [0.1, 0.15) is 5.75 Å². The first kappa shape index (κ1) is 17.0. The van der Waals surface area contributed by atoms with Gasteiger partial charge in [-0.1, -0.05) is 0 Å². The second-order valence-corrected chi connectivity index (χ2v) is 5.26. The molecule has 1 atom stereocenters. The average Bonchev–Trinajstić information content (AvgIpc) is 3.12. The summed E-state index contributed by atoms with van der Waals surface area (Å²) in [5.74, 6) is 0.823. The van der Waals surface area contributed by atoms with E-state index >= 15 is 0 Å². The fourth-order valence-corrected chi connectivity index (χ4v) is 2.14. The lowest BCUT2D eigenvalue weighted by Crippen LogP contribution is -2.03. The molecule has 0 N–H and O–H groups in total. The van der Waals surface area contributed by atoms with E-state index in [0.717, 1.165) is 0 Å². The molecule has 26 heavy (non-hydrogen) atoms. The molecular formula is C16H12N4O6. The summed E-state index contributed by atoms with van der Waals surface area (Å²) in [7, 11) is 0. The predicted octanol–water partition coefficient (Wildman–Crippen LogP) is 3.69. The van der Waals surface area contributed by atoms with E-state index in [0.29, 0.717) is 11.3 Å². The third-order valence-electron chi connectivity index (χ3n) is 3.47. The topological polar surface area (TPSA) is 134 Å². The van der Waals surface area contributed by atoms with E-state index in [9.17, 15) is 20.2 Å². The van der Waals surface area contributed by atoms with E-state index < -0.39 is 16.0 Å². The summed E-state index contributed by atoms with van der Waals surface area (Å²) >= 11 is 0. The first-order valence-corrected chi connectivity index (χ1v) is 7.43. The maximum absolute atomic E-state index is 10.7. The Morgan fingerprint density at radius 3 is 2.00 bits per heavy atom. The molecule has 0 spiro atoms. The highest BCUT2D eigenvalue weighted by Gasteiger charge is 2.17. The third kappa shape index (κ3) is 3.64. The van der Waals surface area contributed by atoms with Gasteiger partial charge >= 0.3 is 0 Å². The molecular weight excluding hydrogens is 344 g/mol. The highest BCUT2D eigenvalue weighted by atomic mass is 16.6. The summed E-state index contributed by atoms with van der Waals surface area (Å²) in [6.07, 6.45) is -0.587. The van der Waals surface area contributed by atoms with Gasteiger partial charge < -0.3 is 9.15 Å². The van der Waals surface area contributed by atoms with E-state index in [1.54, 1.807) is 6.92 Å². The first-order chi connectivity index (χ1) is 12.4. The molecule has 10 nitrogen and oxygen atoms in total. The van der Waals surface area contributed by atoms with Crippen molar-refractivity contribution in [2.24, 2.45) is 0 Å². The van der Waals surface area contributed by atoms with Crippen molar-refractivity contribution in [3.05, 3.63) is 74.7 Å². The standard InChI is InChI=1S/C16H12N4O6/c1-10(25-14-8-6-13(7-9-14)20(23)24)15-17-18-16(26-15)11-2-4-12(5-3-11)19(21)22/h2-10H,1H3/t10-/m1/s1. The van der Waals surface area contributed by atoms with Gasteiger partial charge in [-0.3, -0.25) is 20.2 Å². The quantitative estimate of drug-likeness (QED) is 0.482. The fraction of sp³-hybridized carbons (Fsp3) is 0.125. The number of benzene rings is 2. The predicted molar refractivity (Wildman–Crippen MR) is 88.5 cm³/mol. The smallest absolute Gasteiger partial charge is 0.269 e. The lowest BCUT2D eigenvalue weighted by atomic mass is 10.2. The van der Waals surface area contributed by atoms with Gasteiger partial charge in [-0.05, 0) is 31.2 Å². The zero-order chi connectivity index (χ0) is 18.7. The van der Waals surface area contributed by atoms with Gasteiger partial charge in [0.25, 0.3) is 17.3 Å². The van der Waals surface area contributed by atoms with Gasteiger partial charge in [0.15, 0.2) is 6.10 Å². The molecule has 0 saturated heterocycles. The van der Waals surface area contributed by atoms with E-state index in [1.165, 1.54) is 48.5 Å². The van der Waals surface area contributed by atoms with Crippen molar-refractivity contribution in [3.8, 4) is 17.2 Å². The number of nitro benzene ring substituents is 2. The zero-order valence-electron chi connectivity index (χ0n) is 13.4. The molecule has 0 saturated carbocycles. The molecule has 2 aromatic carbocycles. The number of nitrogens with zero attached hydrogens (tertiary/aromatic N) is 4. The third-order valence-corrected chi connectivity index (χ3v) is 3.47. The maximum atomic E-state index is 10.7. The van der Waals surface area contributed by atoms with Gasteiger partial charge in [-0.25, -0.2) is 0 Å². The van der Waals surface area contributed by atoms with Crippen molar-refractivity contribution in [2.75, 3.05) is 0 Å². The van der Waals surface area contributed by atoms with Crippen molar-refractivity contribution < 1.29 is 19.0 Å². The van der Waals surface area contributed by atoms with Crippen LogP contribution < -0.4 is 4.74 Å². The largest absolute Gasteiger partial charge is 0.481 e. The molecule has 3 aromatic rings. The van der Waals surface area contributed by atoms with Gasteiger partial charge in [-0.2, -0.15) is 0 Å². The van der Waals surface area contributed by atoms with Crippen LogP contribution in [0.2, 0.25) is 0 Å². The first-order valence-electron chi connectivity index (χ1n) is 7.43. The highest BCUT2D eigenvalue weighted by Crippen LogP contribution is 2.26. The van der Waals surface area contributed by atoms with Crippen LogP contribution in [0.1, 0.15) is 18.9 Å². The molecule has 3 rings (SSSR count). The molecule has 0 amide bonds. The van der Waals surface area contributed by atoms with Crippen LogP contribution >= 0.6 is 0 Å². The minimum absolute atomic E-state index is 0.0386. The molecule has 1 aromatic heterocycles. The van der Waals surface area contributed by atoms with Crippen molar-refractivity contribution in [2.45, 2.75) is 13.0 Å². The Labute approximate surface area is 146 Å². The Morgan fingerprint density at radius 2 is 1.46 bits per heavy atom. The van der Waals surface area contributed by atoms with Crippen LogP contribution in [0.5, 0.6) is 5.75 Å². The molecule has 132 valence electrons. The van der Waals surface area contributed by atoms with Gasteiger partial charge in [0.05, 0.1) is 9.85 Å². The highest BCUT2D eigenvalue weighted by molar-refractivity contribution is 5.55. The second-order valence-electron chi connectivity index (χ2n) is 5.26. The summed E-state index contributed by atoms with van der Waals surface area (Å²) in [6.45, 7) is 1.69. The van der Waals surface area contributed by atoms with Crippen LogP contribution in [-0.4, -0.2) is 20.0 Å². The van der Waals surface area contributed by atoms with Crippen molar-refractivity contribution in [1.29, 1.82) is 0 Å². The molecule has 0 aliphatic rings. The Bertz CT molecular complexity index is 936. The van der Waals surface area contributed by atoms with Crippen LogP contribution in [0.3, 0.4) is 0 Å². The van der Waals surface area contributed by atoms with Gasteiger partial charge in [0.2, 0.25) is 5.89 Å². The lowest BCUT2D eigenvalue weighted by Gasteiger charge is -2.10. The fourth-order valence-electron chi connectivity index (χ4n) is 2.14. The van der Waals surface area contributed by atoms with Gasteiger partial charge in [0, 0.05) is 29.8 Å². The zero-order valence-corrected chi connectivity index (χ0v) is 13.4. The van der Waals surface area contributed by atoms with Crippen LogP contribution in [0.25, 0.3) is 11.5 Å². The van der Waals surface area contributed by atoms with Crippen LogP contribution in [0.15, 0.2) is 52.9 Å². The van der Waals surface area contributed by atoms with E-state index in [4.69, 9.17) is 9.15 Å². The number of nitro groups is 2. The van der Waals surface area contributed by atoms with Crippen molar-refractivity contribution in [3.63, 3.8) is 0 Å². The number of non-ortho nitro benzene ring substituents is 2. The van der Waals surface area contributed by atoms with Gasteiger partial charge in [-0.15, -0.1) is 10.2 Å². The number of hydrogen-bond donors (Lipinski definition) is 0. The van der Waals surface area contributed by atoms with E-state index in [1.807, 2.05) is 0 Å². The Kier molecular flexibility index (Phi) is 4.56. The molecule has 0 radical (unpaired) electrons. The summed E-state index contributed by atoms with van der Waals surface area (Å²) in [5, 5.41) is 29.1. The normalized spacial score (nSPS) is 11.7. The summed E-state index contributed by atoms with van der Waals surface area (Å²) in [4.78, 5) is 20.3. The number of ether oxygens (including phenoxy) is 1. The minimum atomic E-state index is -0.587. The Morgan fingerprint density at radius 1 is 0.923 bits per heavy atom. The molecule has 0 aliphatic heterocycles. The molecule has 0 fully saturated rings. The monoisotopic (exact) mass is 356 g/mol. The Balaban J connectivity index is 1.72. The maximum Gasteiger partial charge on any atom is 0.269 e. The van der Waals surface area contributed by atoms with Crippen LogP contribution in [0.4, 0.5) is 11.4 Å². The number of rotatable bonds is 6. The average molecular weight is 356 g/mol. The lowest BCUT2D eigenvalue weighted by molar-refractivity contribution is -0.385. The molecule has 1 heterocycles. The molecule has 10 heteroatoms. The van der Waals surface area contributed by atoms with E-state index in [-0.39, 0.29) is 23.2 Å². The summed E-state index contributed by atoms with van der Waals surface area (Å²) < 4.78 is 11.2.